The van der Waals surface area contributed by atoms with E-state index in [1.807, 2.05) is 0 Å². The van der Waals surface area contributed by atoms with Crippen LogP contribution in [0.3, 0.4) is 0 Å². The third-order valence-electron chi connectivity index (χ3n) is 2.01. The molecule has 0 aliphatic heterocycles. The summed E-state index contributed by atoms with van der Waals surface area (Å²) >= 11 is 0. The SMILES string of the molecule is O=C(O)c1cccnc1Cn1ccnc1. The number of rotatable bonds is 3. The van der Waals surface area contributed by atoms with Crippen LogP contribution in [0.4, 0.5) is 0 Å². The van der Waals surface area contributed by atoms with E-state index >= 15 is 0 Å². The number of aromatic nitrogens is 3. The lowest BCUT2D eigenvalue weighted by Gasteiger charge is -2.04. The predicted octanol–water partition coefficient (Wildman–Crippen LogP) is 1.02. The maximum atomic E-state index is 10.9. The number of pyridine rings is 1. The summed E-state index contributed by atoms with van der Waals surface area (Å²) in [4.78, 5) is 18.8. The molecule has 0 saturated heterocycles. The molecule has 0 radical (unpaired) electrons. The third-order valence-corrected chi connectivity index (χ3v) is 2.01. The Labute approximate surface area is 86.0 Å². The maximum Gasteiger partial charge on any atom is 0.337 e. The van der Waals surface area contributed by atoms with Gasteiger partial charge in [0.2, 0.25) is 0 Å². The van der Waals surface area contributed by atoms with Gasteiger partial charge in [-0.3, -0.25) is 4.98 Å². The Balaban J connectivity index is 2.32. The number of carbonyl (C=O) groups is 1. The summed E-state index contributed by atoms with van der Waals surface area (Å²) in [5.41, 5.74) is 0.759. The Morgan fingerprint density at radius 3 is 3.00 bits per heavy atom. The predicted molar refractivity (Wildman–Crippen MR) is 52.5 cm³/mol. The van der Waals surface area contributed by atoms with Gasteiger partial charge in [0.25, 0.3) is 0 Å². The summed E-state index contributed by atoms with van der Waals surface area (Å²) < 4.78 is 1.77. The van der Waals surface area contributed by atoms with Crippen LogP contribution in [0.15, 0.2) is 37.1 Å². The van der Waals surface area contributed by atoms with Gasteiger partial charge in [0.1, 0.15) is 0 Å². The molecule has 2 aromatic heterocycles. The fourth-order valence-electron chi connectivity index (χ4n) is 1.31. The largest absolute Gasteiger partial charge is 0.478 e. The molecule has 0 atom stereocenters. The first-order valence-electron chi connectivity index (χ1n) is 4.40. The van der Waals surface area contributed by atoms with Crippen molar-refractivity contribution in [3.63, 3.8) is 0 Å². The van der Waals surface area contributed by atoms with Crippen LogP contribution in [-0.2, 0) is 6.54 Å². The minimum Gasteiger partial charge on any atom is -0.478 e. The molecular weight excluding hydrogens is 194 g/mol. The molecule has 15 heavy (non-hydrogen) atoms. The summed E-state index contributed by atoms with van der Waals surface area (Å²) in [6.07, 6.45) is 6.61. The summed E-state index contributed by atoms with van der Waals surface area (Å²) in [5.74, 6) is -0.960. The monoisotopic (exact) mass is 203 g/mol. The fourth-order valence-corrected chi connectivity index (χ4v) is 1.31. The second kappa shape index (κ2) is 3.91. The average molecular weight is 203 g/mol. The molecule has 0 aliphatic rings. The van der Waals surface area contributed by atoms with E-state index in [1.54, 1.807) is 41.6 Å². The number of nitrogens with zero attached hydrogens (tertiary/aromatic N) is 3. The molecule has 76 valence electrons. The minimum atomic E-state index is -0.960. The molecule has 0 amide bonds. The standard InChI is InChI=1S/C10H9N3O2/c14-10(15)8-2-1-3-12-9(8)6-13-5-4-11-7-13/h1-5,7H,6H2,(H,14,15). The van der Waals surface area contributed by atoms with Gasteiger partial charge in [0.15, 0.2) is 0 Å². The average Bonchev–Trinajstić information content (AvgIpc) is 2.71. The number of aromatic carboxylic acids is 1. The molecule has 0 bridgehead atoms. The Morgan fingerprint density at radius 2 is 2.33 bits per heavy atom. The second-order valence-electron chi connectivity index (χ2n) is 3.04. The molecule has 0 fully saturated rings. The van der Waals surface area contributed by atoms with E-state index in [0.29, 0.717) is 12.2 Å². The molecule has 2 aromatic rings. The van der Waals surface area contributed by atoms with E-state index in [9.17, 15) is 4.79 Å². The lowest BCUT2D eigenvalue weighted by atomic mass is 10.2. The molecule has 0 aromatic carbocycles. The highest BCUT2D eigenvalue weighted by Gasteiger charge is 2.10. The summed E-state index contributed by atoms with van der Waals surface area (Å²) in [7, 11) is 0. The van der Waals surface area contributed by atoms with Gasteiger partial charge in [-0.05, 0) is 12.1 Å². The molecule has 2 rings (SSSR count). The van der Waals surface area contributed by atoms with Gasteiger partial charge in [-0.25, -0.2) is 9.78 Å². The summed E-state index contributed by atoms with van der Waals surface area (Å²) in [5, 5.41) is 8.93. The van der Waals surface area contributed by atoms with Crippen LogP contribution in [0.1, 0.15) is 16.1 Å². The van der Waals surface area contributed by atoms with E-state index in [0.717, 1.165) is 0 Å². The number of carboxylic acids is 1. The first kappa shape index (κ1) is 9.39. The van der Waals surface area contributed by atoms with Crippen molar-refractivity contribution in [3.05, 3.63) is 48.3 Å². The topological polar surface area (TPSA) is 68.0 Å². The van der Waals surface area contributed by atoms with Crippen LogP contribution in [0.25, 0.3) is 0 Å². The van der Waals surface area contributed by atoms with Crippen molar-refractivity contribution in [2.75, 3.05) is 0 Å². The van der Waals surface area contributed by atoms with Crippen molar-refractivity contribution in [2.45, 2.75) is 6.54 Å². The molecule has 0 saturated carbocycles. The van der Waals surface area contributed by atoms with E-state index in [1.165, 1.54) is 0 Å². The highest BCUT2D eigenvalue weighted by Crippen LogP contribution is 2.07. The van der Waals surface area contributed by atoms with Crippen molar-refractivity contribution < 1.29 is 9.90 Å². The van der Waals surface area contributed by atoms with Crippen LogP contribution < -0.4 is 0 Å². The minimum absolute atomic E-state index is 0.228. The number of carboxylic acid groups (broad SMARTS) is 1. The zero-order valence-electron chi connectivity index (χ0n) is 7.87. The van der Waals surface area contributed by atoms with E-state index in [4.69, 9.17) is 5.11 Å². The van der Waals surface area contributed by atoms with Crippen molar-refractivity contribution in [2.24, 2.45) is 0 Å². The van der Waals surface area contributed by atoms with Crippen LogP contribution >= 0.6 is 0 Å². The lowest BCUT2D eigenvalue weighted by molar-refractivity contribution is 0.0695. The number of hydrogen-bond acceptors (Lipinski definition) is 3. The van der Waals surface area contributed by atoms with Crippen molar-refractivity contribution >= 4 is 5.97 Å². The number of hydrogen-bond donors (Lipinski definition) is 1. The van der Waals surface area contributed by atoms with Gasteiger partial charge in [0.05, 0.1) is 24.1 Å². The zero-order valence-corrected chi connectivity index (χ0v) is 7.87. The van der Waals surface area contributed by atoms with Crippen LogP contribution in [0, 0.1) is 0 Å². The first-order valence-corrected chi connectivity index (χ1v) is 4.40. The molecule has 0 aliphatic carbocycles. The van der Waals surface area contributed by atoms with Gasteiger partial charge >= 0.3 is 5.97 Å². The third kappa shape index (κ3) is 2.01. The molecule has 5 nitrogen and oxygen atoms in total. The maximum absolute atomic E-state index is 10.9. The first-order chi connectivity index (χ1) is 7.27. The molecule has 0 unspecified atom stereocenters. The van der Waals surface area contributed by atoms with E-state index < -0.39 is 5.97 Å². The van der Waals surface area contributed by atoms with Crippen LogP contribution in [0.2, 0.25) is 0 Å². The molecule has 1 N–H and O–H groups in total. The Hall–Kier alpha value is -2.17. The number of imidazole rings is 1. The molecular formula is C10H9N3O2. The highest BCUT2D eigenvalue weighted by atomic mass is 16.4. The van der Waals surface area contributed by atoms with Crippen LogP contribution in [0.5, 0.6) is 0 Å². The summed E-state index contributed by atoms with van der Waals surface area (Å²) in [6, 6.07) is 3.16. The van der Waals surface area contributed by atoms with Gasteiger partial charge in [-0.15, -0.1) is 0 Å². The quantitative estimate of drug-likeness (QED) is 0.808. The molecule has 2 heterocycles. The molecule has 0 spiro atoms. The summed E-state index contributed by atoms with van der Waals surface area (Å²) in [6.45, 7) is 0.419. The van der Waals surface area contributed by atoms with Gasteiger partial charge in [0, 0.05) is 18.6 Å². The van der Waals surface area contributed by atoms with Crippen molar-refractivity contribution in [1.29, 1.82) is 0 Å². The smallest absolute Gasteiger partial charge is 0.337 e. The van der Waals surface area contributed by atoms with E-state index in [2.05, 4.69) is 9.97 Å². The zero-order chi connectivity index (χ0) is 10.7. The Morgan fingerprint density at radius 1 is 1.47 bits per heavy atom. The van der Waals surface area contributed by atoms with Gasteiger partial charge < -0.3 is 9.67 Å². The van der Waals surface area contributed by atoms with Crippen LogP contribution in [-0.4, -0.2) is 25.6 Å². The molecule has 5 heteroatoms. The normalized spacial score (nSPS) is 10.1. The highest BCUT2D eigenvalue weighted by molar-refractivity contribution is 5.88. The van der Waals surface area contributed by atoms with E-state index in [-0.39, 0.29) is 5.56 Å². The fraction of sp³-hybridized carbons (Fsp3) is 0.100. The van der Waals surface area contributed by atoms with Crippen molar-refractivity contribution in [3.8, 4) is 0 Å². The second-order valence-corrected chi connectivity index (χ2v) is 3.04. The Bertz CT molecular complexity index is 465. The lowest BCUT2D eigenvalue weighted by Crippen LogP contribution is -2.08. The van der Waals surface area contributed by atoms with Gasteiger partial charge in [-0.2, -0.15) is 0 Å². The Kier molecular flexibility index (Phi) is 2.45. The van der Waals surface area contributed by atoms with Gasteiger partial charge in [-0.1, -0.05) is 0 Å². The van der Waals surface area contributed by atoms with Crippen molar-refractivity contribution in [1.82, 2.24) is 14.5 Å².